The van der Waals surface area contributed by atoms with Crippen LogP contribution in [0.15, 0.2) is 127 Å². The first kappa shape index (κ1) is 70.5. The lowest BCUT2D eigenvalue weighted by Crippen LogP contribution is -2.26. The standard InChI is InChI=1S/C29H30N6O4.C24H27N7O2.C23H25N7O4/c1-15-11-18(13-23-25(15)32-16(2)38-23)20-14-31-26-24(20)28(39-19-7-5-6-8-19)35-29(34-26)33-21-10-9-17(27(36)30-3)12-22(21)37-4;1-15(25-2)16-4-6-17(7-5-16)19-14-26-22-21(19)23(33-18-9-12-32-13-10-18)30-24(29-22)28-20-8-11-27-31(20)3;1-24-21(31)13-4-5-17(18(8-13)32-3)27-23-28-20-19(22(29-23)34-15-6-7-33-12-15)16(10-25-20)14-9-26-30(2)11-14/h9-14,19H,5-8H2,1-4H3,(H,30,36)(H2,31,33,34,35);4-8,11,14,18,25H,1,9-10,12-13H2,2-3H3,(H2,26,28,29,30);4-5,8-11,15H,6-7,12H2,1-3H3,(H,24,31)(H2,25,27,28,29)/t;;15-/m..0/s1. The van der Waals surface area contributed by atoms with Crippen molar-refractivity contribution in [2.24, 2.45) is 14.1 Å². The Morgan fingerprint density at radius 3 is 1.56 bits per heavy atom. The van der Waals surface area contributed by atoms with Gasteiger partial charge in [0.25, 0.3) is 11.8 Å². The number of aryl methyl sites for hydroxylation is 4. The van der Waals surface area contributed by atoms with Gasteiger partial charge in [0.1, 0.15) is 58.1 Å². The van der Waals surface area contributed by atoms with Crippen LogP contribution in [0.2, 0.25) is 0 Å². The summed E-state index contributed by atoms with van der Waals surface area (Å²) in [6.07, 6.45) is 17.9. The molecule has 4 aromatic carbocycles. The topological polar surface area (TPSA) is 357 Å². The fourth-order valence-corrected chi connectivity index (χ4v) is 13.0. The third-order valence-corrected chi connectivity index (χ3v) is 18.6. The van der Waals surface area contributed by atoms with Crippen molar-refractivity contribution in [2.45, 2.75) is 77.1 Å². The van der Waals surface area contributed by atoms with Gasteiger partial charge in [-0.05, 0) is 103 Å². The summed E-state index contributed by atoms with van der Waals surface area (Å²) in [4.78, 5) is 66.8. The third-order valence-electron chi connectivity index (χ3n) is 18.6. The number of hydrogen-bond acceptors (Lipinski definition) is 23. The number of benzene rings is 4. The van der Waals surface area contributed by atoms with Crippen LogP contribution in [0, 0.1) is 13.8 Å². The summed E-state index contributed by atoms with van der Waals surface area (Å²) in [5.41, 5.74) is 14.5. The highest BCUT2D eigenvalue weighted by Gasteiger charge is 2.28. The van der Waals surface area contributed by atoms with E-state index in [1.807, 2.05) is 84.0 Å². The number of rotatable bonds is 21. The van der Waals surface area contributed by atoms with Crippen molar-refractivity contribution in [3.63, 3.8) is 0 Å². The van der Waals surface area contributed by atoms with Gasteiger partial charge in [0.2, 0.25) is 35.5 Å². The number of H-pyrrole nitrogens is 3. The molecule has 11 heterocycles. The fraction of sp³-hybridized carbons (Fsp3) is 0.303. The van der Waals surface area contributed by atoms with Crippen LogP contribution in [0.3, 0.4) is 0 Å². The minimum absolute atomic E-state index is 0.0467. The highest BCUT2D eigenvalue weighted by molar-refractivity contribution is 6.02. The molecule has 9 N–H and O–H groups in total. The average molecular weight is 1440 g/mol. The lowest BCUT2D eigenvalue weighted by atomic mass is 10.0. The van der Waals surface area contributed by atoms with Gasteiger partial charge in [0.15, 0.2) is 11.5 Å². The van der Waals surface area contributed by atoms with Crippen molar-refractivity contribution < 1.29 is 47.2 Å². The zero-order valence-corrected chi connectivity index (χ0v) is 60.2. The summed E-state index contributed by atoms with van der Waals surface area (Å²) >= 11 is 0. The maximum Gasteiger partial charge on any atom is 0.251 e. The maximum atomic E-state index is 12.1. The zero-order valence-electron chi connectivity index (χ0n) is 60.2. The van der Waals surface area contributed by atoms with Crippen molar-refractivity contribution in [3.8, 4) is 62.5 Å². The van der Waals surface area contributed by atoms with Crippen molar-refractivity contribution in [3.05, 3.63) is 151 Å². The molecular formula is C76H82N20O10. The van der Waals surface area contributed by atoms with E-state index in [-0.39, 0.29) is 30.1 Å². The number of anilines is 6. The summed E-state index contributed by atoms with van der Waals surface area (Å²) in [7, 11) is 11.9. The van der Waals surface area contributed by atoms with Crippen LogP contribution in [-0.2, 0) is 23.6 Å². The predicted molar refractivity (Wildman–Crippen MR) is 403 cm³/mol. The van der Waals surface area contributed by atoms with Crippen molar-refractivity contribution in [1.82, 2.24) is 85.4 Å². The number of aromatic nitrogens is 14. The molecule has 16 rings (SSSR count). The van der Waals surface area contributed by atoms with Crippen LogP contribution >= 0.6 is 0 Å². The first-order valence-electron chi connectivity index (χ1n) is 34.9. The van der Waals surface area contributed by atoms with Gasteiger partial charge in [-0.2, -0.15) is 40.1 Å². The number of amides is 2. The first-order chi connectivity index (χ1) is 51.6. The molecule has 0 bridgehead atoms. The Kier molecular flexibility index (Phi) is 20.7. The second kappa shape index (κ2) is 31.2. The number of hydrogen-bond donors (Lipinski definition) is 9. The molecule has 1 saturated carbocycles. The number of aromatic amines is 3. The van der Waals surface area contributed by atoms with Crippen LogP contribution in [-0.4, -0.2) is 161 Å². The van der Waals surface area contributed by atoms with Gasteiger partial charge in [-0.1, -0.05) is 30.8 Å². The largest absolute Gasteiger partial charge is 0.495 e. The van der Waals surface area contributed by atoms with E-state index >= 15 is 0 Å². The predicted octanol–water partition coefficient (Wildman–Crippen LogP) is 12.3. The molecule has 3 aliphatic rings. The van der Waals surface area contributed by atoms with Gasteiger partial charge < -0.3 is 84.4 Å². The Labute approximate surface area is 608 Å². The smallest absolute Gasteiger partial charge is 0.251 e. The number of carbonyl (C=O) groups excluding carboxylic acids is 2. The molecule has 0 radical (unpaired) electrons. The van der Waals surface area contributed by atoms with Crippen LogP contribution in [0.25, 0.3) is 83.3 Å². The Balaban J connectivity index is 0.000000134. The molecule has 0 spiro atoms. The molecule has 1 aliphatic carbocycles. The van der Waals surface area contributed by atoms with Gasteiger partial charge in [-0.15, -0.1) is 0 Å². The van der Waals surface area contributed by atoms with Gasteiger partial charge in [0, 0.05) is 131 Å². The Morgan fingerprint density at radius 2 is 1.06 bits per heavy atom. The van der Waals surface area contributed by atoms with Crippen LogP contribution in [0.1, 0.15) is 82.7 Å². The molecule has 546 valence electrons. The Bertz CT molecular complexity index is 5350. The number of carbonyl (C=O) groups is 2. The maximum absolute atomic E-state index is 12.1. The molecule has 13 aromatic rings. The number of oxazole rings is 1. The molecule has 1 atom stereocenters. The third kappa shape index (κ3) is 15.2. The minimum atomic E-state index is -0.202. The SMILES string of the molecule is C=C(NC)c1ccc(-c2c[nH]c3nc(Nc4ccnn4C)nc(OC4CCOCC4)c23)cc1.CNC(=O)c1ccc(Nc2nc(OC3CCCC3)c3c(-c4cc(C)c5nc(C)oc5c4)c[nH]c3n2)c(OC)c1.CNC(=O)c1ccc(Nc2nc(O[C@H]3CCOC3)c3c(-c4cnn(C)c4)c[nH]c3n2)c(OC)c1. The van der Waals surface area contributed by atoms with Crippen molar-refractivity contribution in [1.29, 1.82) is 0 Å². The molecule has 30 nitrogen and oxygen atoms in total. The van der Waals surface area contributed by atoms with Gasteiger partial charge >= 0.3 is 0 Å². The normalized spacial score (nSPS) is 14.5. The van der Waals surface area contributed by atoms with Gasteiger partial charge in [-0.25, -0.2) is 4.98 Å². The van der Waals surface area contributed by atoms with E-state index in [0.717, 1.165) is 128 Å². The monoisotopic (exact) mass is 1430 g/mol. The molecule has 2 amide bonds. The first-order valence-corrected chi connectivity index (χ1v) is 34.9. The van der Waals surface area contributed by atoms with Gasteiger partial charge in [0.05, 0.1) is 80.6 Å². The molecular weight excluding hydrogens is 1350 g/mol. The van der Waals surface area contributed by atoms with Gasteiger partial charge in [-0.3, -0.25) is 19.0 Å². The van der Waals surface area contributed by atoms with Crippen LogP contribution < -0.4 is 55.6 Å². The Morgan fingerprint density at radius 1 is 0.547 bits per heavy atom. The lowest BCUT2D eigenvalue weighted by Gasteiger charge is -2.23. The molecule has 30 heteroatoms. The van der Waals surface area contributed by atoms with Crippen molar-refractivity contribution in [2.75, 3.05) is 77.7 Å². The van der Waals surface area contributed by atoms with E-state index in [9.17, 15) is 9.59 Å². The molecule has 2 saturated heterocycles. The number of methoxy groups -OCH3 is 2. The van der Waals surface area contributed by atoms with Crippen LogP contribution in [0.5, 0.6) is 29.1 Å². The number of fused-ring (bicyclic) bond motifs is 4. The highest BCUT2D eigenvalue weighted by Crippen LogP contribution is 2.42. The summed E-state index contributed by atoms with van der Waals surface area (Å²) in [6, 6.07) is 24.5. The second-order valence-electron chi connectivity index (χ2n) is 25.7. The summed E-state index contributed by atoms with van der Waals surface area (Å²) < 4.78 is 50.5. The quantitative estimate of drug-likeness (QED) is 0.0323. The number of ether oxygens (including phenoxy) is 7. The fourth-order valence-electron chi connectivity index (χ4n) is 13.0. The van der Waals surface area contributed by atoms with E-state index in [4.69, 9.17) is 62.5 Å². The van der Waals surface area contributed by atoms with Crippen LogP contribution in [0.4, 0.5) is 35.0 Å². The van der Waals surface area contributed by atoms with E-state index in [0.29, 0.717) is 119 Å². The molecule has 9 aromatic heterocycles. The van der Waals surface area contributed by atoms with E-state index in [2.05, 4.69) is 91.8 Å². The second-order valence-corrected chi connectivity index (χ2v) is 25.7. The summed E-state index contributed by atoms with van der Waals surface area (Å²) in [6.45, 7) is 10.5. The van der Waals surface area contributed by atoms with E-state index in [1.54, 1.807) is 79.4 Å². The number of nitrogens with zero attached hydrogens (tertiary/aromatic N) is 11. The molecule has 106 heavy (non-hydrogen) atoms. The lowest BCUT2D eigenvalue weighted by molar-refractivity contribution is 0.0244. The minimum Gasteiger partial charge on any atom is -0.495 e. The molecule has 2 aliphatic heterocycles. The summed E-state index contributed by atoms with van der Waals surface area (Å²) in [5.74, 6) is 4.64. The van der Waals surface area contributed by atoms with E-state index < -0.39 is 0 Å². The number of nitrogens with one attached hydrogen (secondary N) is 9. The summed E-state index contributed by atoms with van der Waals surface area (Å²) in [5, 5.41) is 28.9. The molecule has 3 fully saturated rings. The highest BCUT2D eigenvalue weighted by atomic mass is 16.6. The zero-order chi connectivity index (χ0) is 73.5. The van der Waals surface area contributed by atoms with E-state index in [1.165, 1.54) is 7.11 Å². The average Bonchev–Trinajstić information content (AvgIpc) is 1.62. The Hall–Kier alpha value is -12.6. The van der Waals surface area contributed by atoms with Crippen molar-refractivity contribution >= 4 is 96.7 Å². The molecule has 0 unspecified atom stereocenters.